The van der Waals surface area contributed by atoms with Crippen LogP contribution in [0.3, 0.4) is 0 Å². The average Bonchev–Trinajstić information content (AvgIpc) is 2.53. The molecule has 0 saturated carbocycles. The molecule has 0 spiro atoms. The Kier molecular flexibility index (Phi) is 9.05. The number of guanidine groups is 1. The van der Waals surface area contributed by atoms with Crippen molar-refractivity contribution in [1.29, 1.82) is 0 Å². The van der Waals surface area contributed by atoms with Crippen molar-refractivity contribution >= 4 is 35.8 Å². The van der Waals surface area contributed by atoms with Crippen LogP contribution in [-0.4, -0.2) is 42.4 Å². The number of nitrogens with zero attached hydrogens (tertiary/aromatic N) is 2. The minimum absolute atomic E-state index is 0. The summed E-state index contributed by atoms with van der Waals surface area (Å²) in [6.07, 6.45) is 1.28. The normalized spacial score (nSPS) is 20.7. The highest BCUT2D eigenvalue weighted by Crippen LogP contribution is 2.21. The zero-order valence-corrected chi connectivity index (χ0v) is 19.8. The first-order valence-corrected chi connectivity index (χ1v) is 9.55. The lowest BCUT2D eigenvalue weighted by Crippen LogP contribution is -2.48. The van der Waals surface area contributed by atoms with Gasteiger partial charge in [-0.1, -0.05) is 26.0 Å². The van der Waals surface area contributed by atoms with Crippen LogP contribution < -0.4 is 10.6 Å². The standard InChI is InChI=1S/C21H34N4O.HI/c1-15-10-16(2)14-25(13-15)20(22-6)23-12-17-8-7-9-18(11-17)19(26)24-21(3,4)5;/h7-9,11,15-16H,10,12-14H2,1-6H3,(H,22,23)(H,24,26);1H. The van der Waals surface area contributed by atoms with E-state index >= 15 is 0 Å². The minimum Gasteiger partial charge on any atom is -0.352 e. The zero-order chi connectivity index (χ0) is 19.3. The Morgan fingerprint density at radius 3 is 2.41 bits per heavy atom. The molecule has 2 atom stereocenters. The number of aliphatic imine (C=N–C) groups is 1. The van der Waals surface area contributed by atoms with E-state index in [1.165, 1.54) is 6.42 Å². The van der Waals surface area contributed by atoms with Gasteiger partial charge in [0.15, 0.2) is 5.96 Å². The molecule has 5 nitrogen and oxygen atoms in total. The van der Waals surface area contributed by atoms with Gasteiger partial charge in [0.25, 0.3) is 5.91 Å². The molecule has 1 aromatic rings. The number of nitrogens with one attached hydrogen (secondary N) is 2. The van der Waals surface area contributed by atoms with Gasteiger partial charge in [-0.3, -0.25) is 9.79 Å². The number of hydrogen-bond acceptors (Lipinski definition) is 2. The van der Waals surface area contributed by atoms with Gasteiger partial charge in [0.1, 0.15) is 0 Å². The SMILES string of the molecule is CN=C(NCc1cccc(C(=O)NC(C)(C)C)c1)N1CC(C)CC(C)C1.I. The predicted molar refractivity (Wildman–Crippen MR) is 124 cm³/mol. The van der Waals surface area contributed by atoms with Crippen LogP contribution in [0, 0.1) is 11.8 Å². The summed E-state index contributed by atoms with van der Waals surface area (Å²) in [4.78, 5) is 19.2. The molecular formula is C21H35IN4O. The molecule has 2 unspecified atom stereocenters. The van der Waals surface area contributed by atoms with Gasteiger partial charge in [-0.2, -0.15) is 0 Å². The maximum Gasteiger partial charge on any atom is 0.251 e. The second-order valence-corrected chi connectivity index (χ2v) is 8.66. The molecule has 1 saturated heterocycles. The van der Waals surface area contributed by atoms with Crippen LogP contribution in [0.5, 0.6) is 0 Å². The van der Waals surface area contributed by atoms with Crippen molar-refractivity contribution < 1.29 is 4.79 Å². The number of hydrogen-bond donors (Lipinski definition) is 2. The lowest BCUT2D eigenvalue weighted by Gasteiger charge is -2.37. The number of piperidine rings is 1. The Balaban J connectivity index is 0.00000364. The number of halogens is 1. The van der Waals surface area contributed by atoms with Crippen molar-refractivity contribution in [2.45, 2.75) is 53.1 Å². The molecule has 27 heavy (non-hydrogen) atoms. The second kappa shape index (κ2) is 10.3. The van der Waals surface area contributed by atoms with Crippen LogP contribution in [0.15, 0.2) is 29.3 Å². The first-order chi connectivity index (χ1) is 12.2. The van der Waals surface area contributed by atoms with Crippen molar-refractivity contribution in [3.63, 3.8) is 0 Å². The minimum atomic E-state index is -0.241. The van der Waals surface area contributed by atoms with Gasteiger partial charge in [-0.25, -0.2) is 0 Å². The maximum absolute atomic E-state index is 12.4. The van der Waals surface area contributed by atoms with E-state index < -0.39 is 0 Å². The molecule has 2 rings (SSSR count). The fourth-order valence-corrected chi connectivity index (χ4v) is 3.58. The maximum atomic E-state index is 12.4. The fourth-order valence-electron chi connectivity index (χ4n) is 3.58. The lowest BCUT2D eigenvalue weighted by molar-refractivity contribution is 0.0919. The van der Waals surface area contributed by atoms with Crippen LogP contribution in [0.4, 0.5) is 0 Å². The molecule has 0 radical (unpaired) electrons. The van der Waals surface area contributed by atoms with Crippen LogP contribution in [0.25, 0.3) is 0 Å². The third kappa shape index (κ3) is 7.68. The van der Waals surface area contributed by atoms with E-state index in [-0.39, 0.29) is 35.4 Å². The van der Waals surface area contributed by atoms with E-state index in [2.05, 4.69) is 34.4 Å². The summed E-state index contributed by atoms with van der Waals surface area (Å²) >= 11 is 0. The number of rotatable bonds is 3. The van der Waals surface area contributed by atoms with E-state index in [1.54, 1.807) is 0 Å². The highest BCUT2D eigenvalue weighted by molar-refractivity contribution is 14.0. The van der Waals surface area contributed by atoms with Crippen molar-refractivity contribution in [2.24, 2.45) is 16.8 Å². The molecule has 1 aromatic carbocycles. The first-order valence-electron chi connectivity index (χ1n) is 9.55. The zero-order valence-electron chi connectivity index (χ0n) is 17.5. The van der Waals surface area contributed by atoms with E-state index in [0.717, 1.165) is 24.6 Å². The Hall–Kier alpha value is -1.31. The van der Waals surface area contributed by atoms with Crippen LogP contribution >= 0.6 is 24.0 Å². The van der Waals surface area contributed by atoms with Crippen molar-refractivity contribution in [2.75, 3.05) is 20.1 Å². The predicted octanol–water partition coefficient (Wildman–Crippen LogP) is 3.89. The van der Waals surface area contributed by atoms with E-state index in [9.17, 15) is 4.79 Å². The number of carbonyl (C=O) groups is 1. The summed E-state index contributed by atoms with van der Waals surface area (Å²) in [6, 6.07) is 7.77. The Bertz CT molecular complexity index is 644. The number of amides is 1. The summed E-state index contributed by atoms with van der Waals surface area (Å²) in [7, 11) is 1.83. The van der Waals surface area contributed by atoms with Gasteiger partial charge < -0.3 is 15.5 Å². The summed E-state index contributed by atoms with van der Waals surface area (Å²) in [6.45, 7) is 13.3. The number of likely N-dealkylation sites (tertiary alicyclic amines) is 1. The largest absolute Gasteiger partial charge is 0.352 e. The summed E-state index contributed by atoms with van der Waals surface area (Å²) < 4.78 is 0. The summed E-state index contributed by atoms with van der Waals surface area (Å²) in [5.41, 5.74) is 1.52. The molecule has 2 N–H and O–H groups in total. The third-order valence-electron chi connectivity index (χ3n) is 4.51. The highest BCUT2D eigenvalue weighted by atomic mass is 127. The van der Waals surface area contributed by atoms with E-state index in [0.29, 0.717) is 23.9 Å². The number of carbonyl (C=O) groups excluding carboxylic acids is 1. The van der Waals surface area contributed by atoms with E-state index in [4.69, 9.17) is 0 Å². The molecule has 1 aliphatic heterocycles. The molecule has 1 aliphatic rings. The molecule has 1 amide bonds. The molecule has 152 valence electrons. The van der Waals surface area contributed by atoms with Crippen LogP contribution in [-0.2, 0) is 6.54 Å². The second-order valence-electron chi connectivity index (χ2n) is 8.66. The van der Waals surface area contributed by atoms with Gasteiger partial charge in [0.05, 0.1) is 0 Å². The summed E-state index contributed by atoms with van der Waals surface area (Å²) in [5.74, 6) is 2.26. The molecule has 0 aromatic heterocycles. The van der Waals surface area contributed by atoms with Gasteiger partial charge >= 0.3 is 0 Å². The molecule has 1 heterocycles. The third-order valence-corrected chi connectivity index (χ3v) is 4.51. The highest BCUT2D eigenvalue weighted by Gasteiger charge is 2.24. The first kappa shape index (κ1) is 23.7. The Morgan fingerprint density at radius 1 is 1.22 bits per heavy atom. The van der Waals surface area contributed by atoms with Gasteiger partial charge in [-0.15, -0.1) is 24.0 Å². The van der Waals surface area contributed by atoms with Gasteiger partial charge in [-0.05, 0) is 56.7 Å². The van der Waals surface area contributed by atoms with Crippen molar-refractivity contribution in [3.8, 4) is 0 Å². The molecule has 1 fully saturated rings. The van der Waals surface area contributed by atoms with Gasteiger partial charge in [0.2, 0.25) is 0 Å². The quantitative estimate of drug-likeness (QED) is 0.387. The molecular weight excluding hydrogens is 451 g/mol. The van der Waals surface area contributed by atoms with Gasteiger partial charge in [0, 0.05) is 37.8 Å². The average molecular weight is 486 g/mol. The lowest BCUT2D eigenvalue weighted by atomic mass is 9.92. The van der Waals surface area contributed by atoms with E-state index in [1.807, 2.05) is 52.1 Å². The number of benzene rings is 1. The van der Waals surface area contributed by atoms with Crippen molar-refractivity contribution in [1.82, 2.24) is 15.5 Å². The molecule has 0 aliphatic carbocycles. The van der Waals surface area contributed by atoms with Crippen LogP contribution in [0.1, 0.15) is 57.0 Å². The molecule has 0 bridgehead atoms. The topological polar surface area (TPSA) is 56.7 Å². The van der Waals surface area contributed by atoms with Crippen LogP contribution in [0.2, 0.25) is 0 Å². The molecule has 6 heteroatoms. The van der Waals surface area contributed by atoms with Crippen molar-refractivity contribution in [3.05, 3.63) is 35.4 Å². The Morgan fingerprint density at radius 2 is 1.85 bits per heavy atom. The smallest absolute Gasteiger partial charge is 0.251 e. The summed E-state index contributed by atoms with van der Waals surface area (Å²) in [5, 5.41) is 6.46. The fraction of sp³-hybridized carbons (Fsp3) is 0.619. The Labute approximate surface area is 181 Å². The monoisotopic (exact) mass is 486 g/mol.